The van der Waals surface area contributed by atoms with E-state index in [1.165, 1.54) is 12.8 Å². The zero-order valence-electron chi connectivity index (χ0n) is 17.8. The molecule has 31 heavy (non-hydrogen) atoms. The largest absolute Gasteiger partial charge is 0.494 e. The summed E-state index contributed by atoms with van der Waals surface area (Å²) >= 11 is 0. The Balaban J connectivity index is 1.50. The summed E-state index contributed by atoms with van der Waals surface area (Å²) in [6.45, 7) is 6.59. The number of nitrogens with one attached hydrogen (secondary N) is 1. The van der Waals surface area contributed by atoms with Crippen molar-refractivity contribution in [1.82, 2.24) is 20.0 Å². The first kappa shape index (κ1) is 19.5. The van der Waals surface area contributed by atoms with Crippen LogP contribution in [0.5, 0.6) is 5.75 Å². The molecule has 1 aromatic carbocycles. The number of benzene rings is 1. The maximum absolute atomic E-state index is 12.6. The Hall–Kier alpha value is -3.42. The van der Waals surface area contributed by atoms with E-state index >= 15 is 0 Å². The van der Waals surface area contributed by atoms with Crippen molar-refractivity contribution < 1.29 is 9.53 Å². The van der Waals surface area contributed by atoms with Crippen LogP contribution < -0.4 is 15.0 Å². The molecule has 8 heteroatoms. The summed E-state index contributed by atoms with van der Waals surface area (Å²) in [4.78, 5) is 14.8. The molecule has 2 aliphatic heterocycles. The van der Waals surface area contributed by atoms with Crippen molar-refractivity contribution in [3.8, 4) is 11.6 Å². The minimum absolute atomic E-state index is 0.0332. The number of hydrogen-bond donors (Lipinski definition) is 1. The molecule has 160 valence electrons. The fourth-order valence-electron chi connectivity index (χ4n) is 4.51. The highest BCUT2D eigenvalue weighted by Crippen LogP contribution is 2.40. The third-order valence-corrected chi connectivity index (χ3v) is 5.98. The summed E-state index contributed by atoms with van der Waals surface area (Å²) in [6, 6.07) is 11.9. The van der Waals surface area contributed by atoms with Gasteiger partial charge >= 0.3 is 0 Å². The van der Waals surface area contributed by atoms with Crippen LogP contribution in [0.4, 0.5) is 11.6 Å². The molecule has 8 nitrogen and oxygen atoms in total. The molecule has 0 radical (unpaired) electrons. The molecule has 0 aliphatic carbocycles. The fraction of sp³-hybridized carbons (Fsp3) is 0.391. The van der Waals surface area contributed by atoms with Crippen molar-refractivity contribution >= 4 is 17.5 Å². The molecule has 1 atom stereocenters. The quantitative estimate of drug-likeness (QED) is 0.683. The number of carbonyl (C=O) groups excluding carboxylic acids is 1. The second kappa shape index (κ2) is 8.02. The normalized spacial score (nSPS) is 18.1. The number of anilines is 2. The van der Waals surface area contributed by atoms with Gasteiger partial charge in [0.1, 0.15) is 11.6 Å². The Labute approximate surface area is 181 Å². The predicted molar refractivity (Wildman–Crippen MR) is 118 cm³/mol. The van der Waals surface area contributed by atoms with E-state index in [9.17, 15) is 4.79 Å². The second-order valence-corrected chi connectivity index (χ2v) is 8.01. The zero-order valence-corrected chi connectivity index (χ0v) is 17.8. The minimum atomic E-state index is -0.0648. The van der Waals surface area contributed by atoms with Crippen LogP contribution in [0.2, 0.25) is 0 Å². The monoisotopic (exact) mass is 418 g/mol. The van der Waals surface area contributed by atoms with Gasteiger partial charge < -0.3 is 15.0 Å². The Morgan fingerprint density at radius 1 is 1.06 bits per heavy atom. The standard InChI is InChI=1S/C23H26N6O2/c1-3-31-17-8-6-16(7-9-17)18-14-21(30)24-23-22(18)15(2)27-29(23)20-11-10-19(25-26-20)28-12-4-5-13-28/h6-11,18H,3-5,12-14H2,1-2H3,(H,24,30)/t18-/m0/s1. The Morgan fingerprint density at radius 3 is 2.45 bits per heavy atom. The lowest BCUT2D eigenvalue weighted by Gasteiger charge is -2.24. The molecule has 5 rings (SSSR count). The van der Waals surface area contributed by atoms with Crippen LogP contribution in [-0.2, 0) is 4.79 Å². The lowest BCUT2D eigenvalue weighted by molar-refractivity contribution is -0.116. The summed E-state index contributed by atoms with van der Waals surface area (Å²) in [6.07, 6.45) is 2.76. The molecule has 1 saturated heterocycles. The first-order valence-corrected chi connectivity index (χ1v) is 10.8. The predicted octanol–water partition coefficient (Wildman–Crippen LogP) is 3.44. The smallest absolute Gasteiger partial charge is 0.226 e. The Kier molecular flexibility index (Phi) is 5.05. The summed E-state index contributed by atoms with van der Waals surface area (Å²) in [5, 5.41) is 16.5. The molecule has 0 unspecified atom stereocenters. The lowest BCUT2D eigenvalue weighted by atomic mass is 9.86. The van der Waals surface area contributed by atoms with Crippen LogP contribution in [0.25, 0.3) is 5.82 Å². The number of aryl methyl sites for hydroxylation is 1. The molecule has 3 aromatic rings. The summed E-state index contributed by atoms with van der Waals surface area (Å²) in [5.74, 6) is 2.89. The van der Waals surface area contributed by atoms with Crippen molar-refractivity contribution in [3.05, 3.63) is 53.2 Å². The van der Waals surface area contributed by atoms with Gasteiger partial charge in [0.05, 0.1) is 12.3 Å². The summed E-state index contributed by atoms with van der Waals surface area (Å²) in [5.41, 5.74) is 2.96. The number of rotatable bonds is 5. The van der Waals surface area contributed by atoms with Crippen LogP contribution in [0, 0.1) is 6.92 Å². The molecule has 1 amide bonds. The molecule has 1 N–H and O–H groups in total. The number of hydrogen-bond acceptors (Lipinski definition) is 6. The van der Waals surface area contributed by atoms with Gasteiger partial charge in [-0.25, -0.2) is 0 Å². The molecular weight excluding hydrogens is 392 g/mol. The van der Waals surface area contributed by atoms with E-state index in [4.69, 9.17) is 9.84 Å². The number of ether oxygens (including phenoxy) is 1. The van der Waals surface area contributed by atoms with E-state index in [0.717, 1.165) is 41.5 Å². The lowest BCUT2D eigenvalue weighted by Crippen LogP contribution is -2.25. The van der Waals surface area contributed by atoms with E-state index in [-0.39, 0.29) is 11.8 Å². The Morgan fingerprint density at radius 2 is 1.77 bits per heavy atom. The molecule has 2 aromatic heterocycles. The van der Waals surface area contributed by atoms with E-state index in [0.29, 0.717) is 24.7 Å². The highest BCUT2D eigenvalue weighted by Gasteiger charge is 2.33. The van der Waals surface area contributed by atoms with Gasteiger partial charge in [0, 0.05) is 31.0 Å². The van der Waals surface area contributed by atoms with Gasteiger partial charge in [0.2, 0.25) is 5.91 Å². The summed E-state index contributed by atoms with van der Waals surface area (Å²) in [7, 11) is 0. The number of fused-ring (bicyclic) bond motifs is 1. The summed E-state index contributed by atoms with van der Waals surface area (Å²) < 4.78 is 7.25. The number of aromatic nitrogens is 4. The van der Waals surface area contributed by atoms with Gasteiger partial charge in [0.25, 0.3) is 0 Å². The zero-order chi connectivity index (χ0) is 21.4. The van der Waals surface area contributed by atoms with E-state index in [1.54, 1.807) is 4.68 Å². The van der Waals surface area contributed by atoms with E-state index < -0.39 is 0 Å². The van der Waals surface area contributed by atoms with Gasteiger partial charge in [-0.2, -0.15) is 9.78 Å². The Bertz CT molecular complexity index is 1080. The minimum Gasteiger partial charge on any atom is -0.494 e. The van der Waals surface area contributed by atoms with Crippen molar-refractivity contribution in [1.29, 1.82) is 0 Å². The van der Waals surface area contributed by atoms with Crippen molar-refractivity contribution in [3.63, 3.8) is 0 Å². The number of amides is 1. The number of carbonyl (C=O) groups is 1. The molecule has 0 saturated carbocycles. The maximum Gasteiger partial charge on any atom is 0.226 e. The van der Waals surface area contributed by atoms with Gasteiger partial charge in [-0.05, 0) is 56.5 Å². The third-order valence-electron chi connectivity index (χ3n) is 5.98. The number of nitrogens with zero attached hydrogens (tertiary/aromatic N) is 5. The van der Waals surface area contributed by atoms with Crippen molar-refractivity contribution in [2.45, 2.75) is 39.0 Å². The van der Waals surface area contributed by atoms with Crippen LogP contribution in [0.3, 0.4) is 0 Å². The maximum atomic E-state index is 12.6. The van der Waals surface area contributed by atoms with E-state index in [1.807, 2.05) is 50.2 Å². The van der Waals surface area contributed by atoms with Gasteiger partial charge in [-0.15, -0.1) is 10.2 Å². The molecule has 2 aliphatic rings. The van der Waals surface area contributed by atoms with Crippen LogP contribution in [0.1, 0.15) is 48.9 Å². The molecule has 0 bridgehead atoms. The first-order valence-electron chi connectivity index (χ1n) is 10.8. The van der Waals surface area contributed by atoms with Crippen molar-refractivity contribution in [2.75, 3.05) is 29.9 Å². The first-order chi connectivity index (χ1) is 15.1. The van der Waals surface area contributed by atoms with Gasteiger partial charge in [-0.1, -0.05) is 12.1 Å². The highest BCUT2D eigenvalue weighted by molar-refractivity contribution is 5.95. The fourth-order valence-corrected chi connectivity index (χ4v) is 4.51. The molecule has 4 heterocycles. The third kappa shape index (κ3) is 3.62. The molecule has 0 spiro atoms. The van der Waals surface area contributed by atoms with Crippen LogP contribution >= 0.6 is 0 Å². The SMILES string of the molecule is CCOc1ccc([C@@H]2CC(=O)Nc3c2c(C)nn3-c2ccc(N3CCCC3)nn2)cc1. The average molecular weight is 419 g/mol. The highest BCUT2D eigenvalue weighted by atomic mass is 16.5. The van der Waals surface area contributed by atoms with Crippen LogP contribution in [0.15, 0.2) is 36.4 Å². The van der Waals surface area contributed by atoms with Crippen molar-refractivity contribution in [2.24, 2.45) is 0 Å². The molecular formula is C23H26N6O2. The van der Waals surface area contributed by atoms with Crippen LogP contribution in [-0.4, -0.2) is 45.6 Å². The van der Waals surface area contributed by atoms with E-state index in [2.05, 4.69) is 20.4 Å². The average Bonchev–Trinajstić information content (AvgIpc) is 3.43. The van der Waals surface area contributed by atoms with Gasteiger partial charge in [-0.3, -0.25) is 4.79 Å². The topological polar surface area (TPSA) is 85.2 Å². The van der Waals surface area contributed by atoms with Gasteiger partial charge in [0.15, 0.2) is 11.6 Å². The molecule has 1 fully saturated rings. The second-order valence-electron chi connectivity index (χ2n) is 8.01.